The van der Waals surface area contributed by atoms with Crippen LogP contribution in [0.25, 0.3) is 0 Å². The summed E-state index contributed by atoms with van der Waals surface area (Å²) in [6.07, 6.45) is 9.97. The van der Waals surface area contributed by atoms with Crippen LogP contribution in [-0.4, -0.2) is 62.1 Å². The van der Waals surface area contributed by atoms with Gasteiger partial charge in [0.15, 0.2) is 0 Å². The molecule has 1 aliphatic rings. The highest BCUT2D eigenvalue weighted by atomic mass is 16.6. The van der Waals surface area contributed by atoms with Crippen molar-refractivity contribution in [3.05, 3.63) is 12.2 Å². The highest BCUT2D eigenvalue weighted by Gasteiger charge is 2.23. The van der Waals surface area contributed by atoms with Gasteiger partial charge in [-0.25, -0.2) is 14.4 Å². The van der Waals surface area contributed by atoms with Crippen molar-refractivity contribution in [1.82, 2.24) is 10.6 Å². The maximum absolute atomic E-state index is 12.0. The van der Waals surface area contributed by atoms with E-state index in [1.807, 2.05) is 13.8 Å². The normalized spacial score (nSPS) is 16.9. The van der Waals surface area contributed by atoms with Crippen LogP contribution in [0.3, 0.4) is 0 Å². The van der Waals surface area contributed by atoms with Gasteiger partial charge in [-0.05, 0) is 49.9 Å². The monoisotopic (exact) mass is 540 g/mol. The van der Waals surface area contributed by atoms with Crippen LogP contribution in [0.4, 0.5) is 9.59 Å². The Morgan fingerprint density at radius 1 is 0.789 bits per heavy atom. The molecule has 2 unspecified atom stereocenters. The summed E-state index contributed by atoms with van der Waals surface area (Å²) in [5.74, 6) is -0.554. The van der Waals surface area contributed by atoms with E-state index in [0.717, 1.165) is 70.6 Å². The largest absolute Gasteiger partial charge is 0.481 e. The van der Waals surface area contributed by atoms with Gasteiger partial charge >= 0.3 is 24.1 Å². The van der Waals surface area contributed by atoms with Crippen molar-refractivity contribution in [2.45, 2.75) is 90.9 Å². The topological polar surface area (TPSA) is 140 Å². The lowest BCUT2D eigenvalue weighted by atomic mass is 9.81. The minimum atomic E-state index is -0.735. The molecule has 10 nitrogen and oxygen atoms in total. The molecule has 10 heteroatoms. The molecule has 0 spiro atoms. The maximum atomic E-state index is 12.0. The molecule has 1 fully saturated rings. The zero-order chi connectivity index (χ0) is 28.2. The number of rotatable bonds is 19. The van der Waals surface area contributed by atoms with Crippen molar-refractivity contribution < 1.29 is 38.5 Å². The van der Waals surface area contributed by atoms with Crippen LogP contribution in [0, 0.1) is 17.8 Å². The summed E-state index contributed by atoms with van der Waals surface area (Å²) in [7, 11) is 0. The molecule has 1 saturated carbocycles. The Hall–Kier alpha value is -2.78. The van der Waals surface area contributed by atoms with Gasteiger partial charge in [-0.3, -0.25) is 4.79 Å². The molecule has 0 heterocycles. The Morgan fingerprint density at radius 2 is 1.29 bits per heavy atom. The number of aliphatic carboxylic acids is 1. The van der Waals surface area contributed by atoms with E-state index in [1.54, 1.807) is 0 Å². The highest BCUT2D eigenvalue weighted by molar-refractivity contribution is 5.88. The fourth-order valence-electron chi connectivity index (χ4n) is 4.35. The summed E-state index contributed by atoms with van der Waals surface area (Å²) in [5.41, 5.74) is 0.388. The Bertz CT molecular complexity index is 740. The summed E-state index contributed by atoms with van der Waals surface area (Å²) in [5, 5.41) is 14.2. The lowest BCUT2D eigenvalue weighted by Crippen LogP contribution is -2.36. The number of carboxylic acids is 1. The van der Waals surface area contributed by atoms with Crippen molar-refractivity contribution in [2.75, 3.05) is 32.9 Å². The minimum Gasteiger partial charge on any atom is -0.481 e. The first-order chi connectivity index (χ1) is 18.2. The van der Waals surface area contributed by atoms with Crippen LogP contribution < -0.4 is 10.6 Å². The Morgan fingerprint density at radius 3 is 1.84 bits per heavy atom. The molecule has 0 saturated heterocycles. The standard InChI is InChI=1S/C28H48N2O8/c1-21(2)22(3)26(33)36-16-17-38-28(35)30-20-24-13-11-12-23(18-24)19-29-27(34)37-15-10-8-6-4-5-7-9-14-25(31)32/h21,23-24H,3-20H2,1-2H3,(H,29,34)(H,30,35)(H,31,32). The van der Waals surface area contributed by atoms with Gasteiger partial charge in [0.1, 0.15) is 13.2 Å². The second kappa shape index (κ2) is 20.2. The molecule has 2 atom stereocenters. The maximum Gasteiger partial charge on any atom is 0.407 e. The van der Waals surface area contributed by atoms with E-state index in [-0.39, 0.29) is 31.6 Å². The third-order valence-corrected chi connectivity index (χ3v) is 6.74. The minimum absolute atomic E-state index is 0.00265. The Balaban J connectivity index is 2.05. The Kier molecular flexibility index (Phi) is 17.7. The van der Waals surface area contributed by atoms with Gasteiger partial charge in [0.25, 0.3) is 0 Å². The van der Waals surface area contributed by atoms with Crippen LogP contribution >= 0.6 is 0 Å². The van der Waals surface area contributed by atoms with Crippen LogP contribution in [0.15, 0.2) is 12.2 Å². The molecular weight excluding hydrogens is 492 g/mol. The van der Waals surface area contributed by atoms with Gasteiger partial charge in [-0.1, -0.05) is 59.0 Å². The quantitative estimate of drug-likeness (QED) is 0.0878. The SMILES string of the molecule is C=C(C(=O)OCCOC(=O)NCC1CCCC(CNC(=O)OCCCCCCCCCC(=O)O)C1)C(C)C. The first-order valence-electron chi connectivity index (χ1n) is 14.1. The van der Waals surface area contributed by atoms with Gasteiger partial charge in [-0.15, -0.1) is 0 Å². The van der Waals surface area contributed by atoms with Crippen molar-refractivity contribution in [3.8, 4) is 0 Å². The number of carbonyl (C=O) groups excluding carboxylic acids is 3. The summed E-state index contributed by atoms with van der Waals surface area (Å²) in [6, 6.07) is 0. The molecule has 1 rings (SSSR count). The van der Waals surface area contributed by atoms with E-state index in [0.29, 0.717) is 37.1 Å². The molecule has 0 radical (unpaired) electrons. The van der Waals surface area contributed by atoms with E-state index in [9.17, 15) is 19.2 Å². The molecule has 2 amide bonds. The molecule has 38 heavy (non-hydrogen) atoms. The van der Waals surface area contributed by atoms with Gasteiger partial charge in [0.05, 0.1) is 6.61 Å². The van der Waals surface area contributed by atoms with Crippen molar-refractivity contribution in [2.24, 2.45) is 17.8 Å². The smallest absolute Gasteiger partial charge is 0.407 e. The average Bonchev–Trinajstić information content (AvgIpc) is 2.89. The number of nitrogens with one attached hydrogen (secondary N) is 2. The van der Waals surface area contributed by atoms with Crippen molar-refractivity contribution >= 4 is 24.1 Å². The number of ether oxygens (including phenoxy) is 3. The number of hydrogen-bond donors (Lipinski definition) is 3. The van der Waals surface area contributed by atoms with E-state index < -0.39 is 18.0 Å². The third kappa shape index (κ3) is 16.9. The molecule has 0 aromatic carbocycles. The van der Waals surface area contributed by atoms with E-state index >= 15 is 0 Å². The predicted molar refractivity (Wildman–Crippen MR) is 144 cm³/mol. The summed E-state index contributed by atoms with van der Waals surface area (Å²) >= 11 is 0. The summed E-state index contributed by atoms with van der Waals surface area (Å²) in [6.45, 7) is 8.82. The number of carbonyl (C=O) groups is 4. The number of carboxylic acid groups (broad SMARTS) is 1. The molecule has 0 aromatic heterocycles. The second-order valence-electron chi connectivity index (χ2n) is 10.4. The van der Waals surface area contributed by atoms with Crippen LogP contribution in [0.1, 0.15) is 90.9 Å². The van der Waals surface area contributed by atoms with Gasteiger partial charge in [0.2, 0.25) is 0 Å². The van der Waals surface area contributed by atoms with Crippen molar-refractivity contribution in [3.63, 3.8) is 0 Å². The number of alkyl carbamates (subject to hydrolysis) is 2. The van der Waals surface area contributed by atoms with Gasteiger partial charge < -0.3 is 30.0 Å². The molecule has 1 aliphatic carbocycles. The molecular formula is C28H48N2O8. The molecule has 218 valence electrons. The van der Waals surface area contributed by atoms with Gasteiger partial charge in [-0.2, -0.15) is 0 Å². The lowest BCUT2D eigenvalue weighted by Gasteiger charge is -2.29. The second-order valence-corrected chi connectivity index (χ2v) is 10.4. The number of amides is 2. The summed E-state index contributed by atoms with van der Waals surface area (Å²) < 4.78 is 15.4. The zero-order valence-corrected chi connectivity index (χ0v) is 23.3. The molecule has 3 N–H and O–H groups in total. The van der Waals surface area contributed by atoms with Crippen LogP contribution in [0.5, 0.6) is 0 Å². The third-order valence-electron chi connectivity index (χ3n) is 6.74. The average molecular weight is 541 g/mol. The molecule has 0 bridgehead atoms. The van der Waals surface area contributed by atoms with E-state index in [4.69, 9.17) is 19.3 Å². The molecule has 0 aliphatic heterocycles. The first kappa shape index (κ1) is 33.2. The molecule has 0 aromatic rings. The predicted octanol–water partition coefficient (Wildman–Crippen LogP) is 5.21. The fourth-order valence-corrected chi connectivity index (χ4v) is 4.35. The summed E-state index contributed by atoms with van der Waals surface area (Å²) in [4.78, 5) is 46.1. The van der Waals surface area contributed by atoms with Crippen LogP contribution in [-0.2, 0) is 23.8 Å². The lowest BCUT2D eigenvalue weighted by molar-refractivity contribution is -0.140. The fraction of sp³-hybridized carbons (Fsp3) is 0.786. The highest BCUT2D eigenvalue weighted by Crippen LogP contribution is 2.28. The number of unbranched alkanes of at least 4 members (excludes halogenated alkanes) is 6. The number of esters is 1. The van der Waals surface area contributed by atoms with E-state index in [1.165, 1.54) is 0 Å². The number of hydrogen-bond acceptors (Lipinski definition) is 7. The Labute approximate surface area is 227 Å². The van der Waals surface area contributed by atoms with Crippen molar-refractivity contribution in [1.29, 1.82) is 0 Å². The zero-order valence-electron chi connectivity index (χ0n) is 23.3. The van der Waals surface area contributed by atoms with E-state index in [2.05, 4.69) is 17.2 Å². The van der Waals surface area contributed by atoms with Gasteiger partial charge in [0, 0.05) is 25.1 Å². The van der Waals surface area contributed by atoms with Crippen LogP contribution in [0.2, 0.25) is 0 Å². The first-order valence-corrected chi connectivity index (χ1v) is 14.1.